The summed E-state index contributed by atoms with van der Waals surface area (Å²) < 4.78 is 6.61. The van der Waals surface area contributed by atoms with Crippen LogP contribution in [0.2, 0.25) is 0 Å². The standard InChI is InChI=1S/C22H32N6O2S/c1-2-27-9-5-6-15(27)14-23-19-18(21-24-16-7-3-4-8-17(16)31-21)20(29)26-22(25-19)28-10-12-30-13-11-28/h3-4,7-8,15,18-19,22-23,25H,2,5-6,9-14H2,1H3,(H,26,29). The second kappa shape index (κ2) is 9.48. The van der Waals surface area contributed by atoms with Crippen molar-refractivity contribution in [3.63, 3.8) is 0 Å². The number of carbonyl (C=O) groups excluding carboxylic acids is 1. The number of morpholine rings is 1. The minimum Gasteiger partial charge on any atom is -0.379 e. The van der Waals surface area contributed by atoms with E-state index in [1.807, 2.05) is 18.2 Å². The number of amides is 1. The molecular weight excluding hydrogens is 412 g/mol. The van der Waals surface area contributed by atoms with Gasteiger partial charge in [-0.05, 0) is 38.1 Å². The highest BCUT2D eigenvalue weighted by atomic mass is 32.1. The Morgan fingerprint density at radius 2 is 2.10 bits per heavy atom. The van der Waals surface area contributed by atoms with Crippen LogP contribution in [0, 0.1) is 0 Å². The van der Waals surface area contributed by atoms with Crippen LogP contribution in [0.5, 0.6) is 0 Å². The van der Waals surface area contributed by atoms with E-state index in [4.69, 9.17) is 9.72 Å². The summed E-state index contributed by atoms with van der Waals surface area (Å²) in [4.78, 5) is 23.0. The Hall–Kier alpha value is -1.62. The van der Waals surface area contributed by atoms with Gasteiger partial charge in [0.05, 0.1) is 29.6 Å². The fourth-order valence-electron chi connectivity index (χ4n) is 4.98. The molecule has 1 aromatic carbocycles. The first-order valence-electron chi connectivity index (χ1n) is 11.4. The van der Waals surface area contributed by atoms with E-state index >= 15 is 0 Å². The van der Waals surface area contributed by atoms with Crippen LogP contribution >= 0.6 is 11.3 Å². The molecule has 5 rings (SSSR count). The van der Waals surface area contributed by atoms with Crippen molar-refractivity contribution < 1.29 is 9.53 Å². The molecule has 4 unspecified atom stereocenters. The van der Waals surface area contributed by atoms with E-state index in [-0.39, 0.29) is 24.3 Å². The van der Waals surface area contributed by atoms with E-state index < -0.39 is 0 Å². The Bertz CT molecular complexity index is 868. The third-order valence-electron chi connectivity index (χ3n) is 6.70. The van der Waals surface area contributed by atoms with Crippen LogP contribution in [-0.2, 0) is 9.53 Å². The summed E-state index contributed by atoms with van der Waals surface area (Å²) in [7, 11) is 0. The van der Waals surface area contributed by atoms with Crippen LogP contribution in [0.1, 0.15) is 30.7 Å². The molecule has 8 nitrogen and oxygen atoms in total. The average Bonchev–Trinajstić information content (AvgIpc) is 3.44. The Labute approximate surface area is 187 Å². The molecule has 0 spiro atoms. The number of thiazole rings is 1. The third-order valence-corrected chi connectivity index (χ3v) is 7.82. The van der Waals surface area contributed by atoms with Crippen molar-refractivity contribution in [2.24, 2.45) is 0 Å². The minimum atomic E-state index is -0.355. The molecule has 0 radical (unpaired) electrons. The molecule has 9 heteroatoms. The quantitative estimate of drug-likeness (QED) is 0.616. The number of rotatable bonds is 6. The molecule has 3 aliphatic heterocycles. The lowest BCUT2D eigenvalue weighted by Gasteiger charge is -2.43. The van der Waals surface area contributed by atoms with Gasteiger partial charge in [-0.2, -0.15) is 0 Å². The van der Waals surface area contributed by atoms with Gasteiger partial charge in [0.2, 0.25) is 5.91 Å². The molecule has 3 aliphatic rings. The summed E-state index contributed by atoms with van der Waals surface area (Å²) >= 11 is 1.62. The van der Waals surface area contributed by atoms with Gasteiger partial charge in [-0.3, -0.25) is 25.2 Å². The number of likely N-dealkylation sites (tertiary alicyclic amines) is 1. The van der Waals surface area contributed by atoms with Crippen molar-refractivity contribution >= 4 is 27.5 Å². The first kappa shape index (κ1) is 21.2. The molecule has 3 N–H and O–H groups in total. The molecule has 2 aromatic rings. The van der Waals surface area contributed by atoms with Crippen molar-refractivity contribution in [2.75, 3.05) is 45.9 Å². The lowest BCUT2D eigenvalue weighted by molar-refractivity contribution is -0.131. The molecule has 0 bridgehead atoms. The number of para-hydroxylation sites is 1. The van der Waals surface area contributed by atoms with E-state index in [1.54, 1.807) is 11.3 Å². The van der Waals surface area contributed by atoms with Crippen LogP contribution in [0.3, 0.4) is 0 Å². The Morgan fingerprint density at radius 1 is 1.26 bits per heavy atom. The molecule has 31 heavy (non-hydrogen) atoms. The fraction of sp³-hybridized carbons (Fsp3) is 0.636. The molecule has 4 atom stereocenters. The van der Waals surface area contributed by atoms with Gasteiger partial charge in [-0.1, -0.05) is 19.1 Å². The van der Waals surface area contributed by atoms with Gasteiger partial charge in [-0.15, -0.1) is 11.3 Å². The minimum absolute atomic E-state index is 0.0329. The molecule has 3 saturated heterocycles. The highest BCUT2D eigenvalue weighted by Gasteiger charge is 2.41. The fourth-order valence-corrected chi connectivity index (χ4v) is 6.08. The van der Waals surface area contributed by atoms with E-state index in [1.165, 1.54) is 19.4 Å². The second-order valence-corrected chi connectivity index (χ2v) is 9.60. The maximum absolute atomic E-state index is 13.4. The molecule has 1 amide bonds. The van der Waals surface area contributed by atoms with Crippen molar-refractivity contribution in [1.29, 1.82) is 0 Å². The molecular formula is C22H32N6O2S. The zero-order valence-corrected chi connectivity index (χ0v) is 18.9. The lowest BCUT2D eigenvalue weighted by atomic mass is 10.0. The van der Waals surface area contributed by atoms with Gasteiger partial charge in [0.15, 0.2) is 0 Å². The highest BCUT2D eigenvalue weighted by Crippen LogP contribution is 2.31. The normalized spacial score (nSPS) is 30.7. The lowest BCUT2D eigenvalue weighted by Crippen LogP contribution is -2.71. The number of ether oxygens (including phenoxy) is 1. The Kier molecular flexibility index (Phi) is 6.49. The number of nitrogens with one attached hydrogen (secondary N) is 3. The maximum atomic E-state index is 13.4. The first-order valence-corrected chi connectivity index (χ1v) is 12.3. The Balaban J connectivity index is 1.37. The van der Waals surface area contributed by atoms with Gasteiger partial charge in [0.25, 0.3) is 0 Å². The molecule has 0 saturated carbocycles. The molecule has 1 aromatic heterocycles. The smallest absolute Gasteiger partial charge is 0.235 e. The first-order chi connectivity index (χ1) is 15.2. The van der Waals surface area contributed by atoms with Crippen LogP contribution in [0.15, 0.2) is 24.3 Å². The molecule has 0 aliphatic carbocycles. The number of hydrogen-bond donors (Lipinski definition) is 3. The van der Waals surface area contributed by atoms with Crippen molar-refractivity contribution in [1.82, 2.24) is 30.7 Å². The summed E-state index contributed by atoms with van der Waals surface area (Å²) in [5.41, 5.74) is 0.956. The highest BCUT2D eigenvalue weighted by molar-refractivity contribution is 7.18. The van der Waals surface area contributed by atoms with Crippen LogP contribution < -0.4 is 16.0 Å². The topological polar surface area (TPSA) is 81.8 Å². The summed E-state index contributed by atoms with van der Waals surface area (Å²) in [5.74, 6) is -0.322. The predicted molar refractivity (Wildman–Crippen MR) is 122 cm³/mol. The van der Waals surface area contributed by atoms with E-state index in [0.29, 0.717) is 19.3 Å². The van der Waals surface area contributed by atoms with Gasteiger partial charge in [0, 0.05) is 25.7 Å². The molecule has 168 valence electrons. The largest absolute Gasteiger partial charge is 0.379 e. The number of likely N-dealkylation sites (N-methyl/N-ethyl adjacent to an activating group) is 1. The SMILES string of the molecule is CCN1CCCC1CNC1NC(N2CCOCC2)NC(=O)C1c1nc2ccccc2s1. The van der Waals surface area contributed by atoms with Crippen LogP contribution in [0.4, 0.5) is 0 Å². The summed E-state index contributed by atoms with van der Waals surface area (Å²) in [6, 6.07) is 8.62. The molecule has 4 heterocycles. The van der Waals surface area contributed by atoms with Gasteiger partial charge in [-0.25, -0.2) is 4.98 Å². The number of carbonyl (C=O) groups is 1. The zero-order valence-electron chi connectivity index (χ0n) is 18.0. The number of fused-ring (bicyclic) bond motifs is 1. The van der Waals surface area contributed by atoms with E-state index in [2.05, 4.69) is 38.7 Å². The third kappa shape index (κ3) is 4.48. The monoisotopic (exact) mass is 444 g/mol. The summed E-state index contributed by atoms with van der Waals surface area (Å²) in [6.45, 7) is 8.34. The van der Waals surface area contributed by atoms with Gasteiger partial charge in [0.1, 0.15) is 17.2 Å². The van der Waals surface area contributed by atoms with Crippen LogP contribution in [0.25, 0.3) is 10.2 Å². The van der Waals surface area contributed by atoms with E-state index in [9.17, 15) is 4.79 Å². The number of nitrogens with zero attached hydrogens (tertiary/aromatic N) is 3. The Morgan fingerprint density at radius 3 is 2.90 bits per heavy atom. The second-order valence-electron chi connectivity index (χ2n) is 8.53. The van der Waals surface area contributed by atoms with Gasteiger partial charge >= 0.3 is 0 Å². The number of aromatic nitrogens is 1. The summed E-state index contributed by atoms with van der Waals surface area (Å²) in [5, 5.41) is 11.5. The van der Waals surface area contributed by atoms with Crippen molar-refractivity contribution in [3.05, 3.63) is 29.3 Å². The van der Waals surface area contributed by atoms with Crippen LogP contribution in [-0.4, -0.2) is 85.1 Å². The summed E-state index contributed by atoms with van der Waals surface area (Å²) in [6.07, 6.45) is 2.10. The van der Waals surface area contributed by atoms with Gasteiger partial charge < -0.3 is 10.1 Å². The maximum Gasteiger partial charge on any atom is 0.235 e. The van der Waals surface area contributed by atoms with E-state index in [0.717, 1.165) is 41.4 Å². The van der Waals surface area contributed by atoms with Crippen molar-refractivity contribution in [2.45, 2.75) is 44.2 Å². The number of benzene rings is 1. The average molecular weight is 445 g/mol. The predicted octanol–water partition coefficient (Wildman–Crippen LogP) is 1.12. The van der Waals surface area contributed by atoms with Crippen molar-refractivity contribution in [3.8, 4) is 0 Å². The number of hydrogen-bond acceptors (Lipinski definition) is 8. The zero-order chi connectivity index (χ0) is 21.2. The molecule has 3 fully saturated rings.